The standard InChI is InChI=1S/C29H39NO2/c1-5-6-8-11-21(2)14-15-23-16-26(31)28-24-19-30(18-22-12-9-7-10-13-22)20-25(24)29(3,4)32-27(28)17-23/h7,9-10,12-13,16-17,21,31H,5-6,8,11,14-15,18-20H2,1-4H3. The van der Waals surface area contributed by atoms with Crippen LogP contribution in [0.1, 0.15) is 76.5 Å². The predicted molar refractivity (Wildman–Crippen MR) is 133 cm³/mol. The van der Waals surface area contributed by atoms with Crippen molar-refractivity contribution in [3.8, 4) is 11.5 Å². The number of aryl methyl sites for hydroxylation is 1. The Morgan fingerprint density at radius 2 is 1.81 bits per heavy atom. The molecular formula is C29H39NO2. The zero-order valence-corrected chi connectivity index (χ0v) is 20.3. The number of unbranched alkanes of at least 4 members (excludes halogenated alkanes) is 2. The zero-order chi connectivity index (χ0) is 22.7. The molecule has 1 atom stereocenters. The van der Waals surface area contributed by atoms with Gasteiger partial charge in [-0.1, -0.05) is 69.9 Å². The van der Waals surface area contributed by atoms with E-state index in [0.29, 0.717) is 11.7 Å². The highest BCUT2D eigenvalue weighted by Crippen LogP contribution is 2.48. The number of fused-ring (bicyclic) bond motifs is 2. The van der Waals surface area contributed by atoms with Crippen molar-refractivity contribution < 1.29 is 9.84 Å². The fourth-order valence-electron chi connectivity index (χ4n) is 5.25. The summed E-state index contributed by atoms with van der Waals surface area (Å²) in [6.07, 6.45) is 7.36. The van der Waals surface area contributed by atoms with Crippen molar-refractivity contribution in [2.45, 2.75) is 78.4 Å². The summed E-state index contributed by atoms with van der Waals surface area (Å²) in [5.41, 5.74) is 5.61. The van der Waals surface area contributed by atoms with E-state index < -0.39 is 0 Å². The number of nitrogens with zero attached hydrogens (tertiary/aromatic N) is 1. The van der Waals surface area contributed by atoms with Crippen LogP contribution in [0.3, 0.4) is 0 Å². The van der Waals surface area contributed by atoms with E-state index in [4.69, 9.17) is 4.74 Å². The summed E-state index contributed by atoms with van der Waals surface area (Å²) >= 11 is 0. The number of rotatable bonds is 9. The van der Waals surface area contributed by atoms with E-state index in [-0.39, 0.29) is 5.60 Å². The summed E-state index contributed by atoms with van der Waals surface area (Å²) in [7, 11) is 0. The molecule has 4 rings (SSSR count). The lowest BCUT2D eigenvalue weighted by atomic mass is 9.86. The van der Waals surface area contributed by atoms with Crippen LogP contribution in [-0.4, -0.2) is 28.7 Å². The van der Waals surface area contributed by atoms with Crippen LogP contribution in [-0.2, 0) is 13.0 Å². The molecule has 2 aromatic rings. The van der Waals surface area contributed by atoms with Crippen molar-refractivity contribution in [2.24, 2.45) is 5.92 Å². The van der Waals surface area contributed by atoms with Gasteiger partial charge in [0.15, 0.2) is 0 Å². The molecule has 2 aliphatic rings. The first-order valence-electron chi connectivity index (χ1n) is 12.4. The Morgan fingerprint density at radius 3 is 2.56 bits per heavy atom. The van der Waals surface area contributed by atoms with Gasteiger partial charge in [-0.3, -0.25) is 4.90 Å². The number of aromatic hydroxyl groups is 1. The summed E-state index contributed by atoms with van der Waals surface area (Å²) in [5, 5.41) is 11.0. The lowest BCUT2D eigenvalue weighted by Crippen LogP contribution is -2.36. The van der Waals surface area contributed by atoms with Crippen molar-refractivity contribution in [1.82, 2.24) is 4.90 Å². The van der Waals surface area contributed by atoms with E-state index in [1.807, 2.05) is 6.07 Å². The third kappa shape index (κ3) is 5.04. The third-order valence-corrected chi connectivity index (χ3v) is 7.14. The quantitative estimate of drug-likeness (QED) is 0.433. The zero-order valence-electron chi connectivity index (χ0n) is 20.3. The third-order valence-electron chi connectivity index (χ3n) is 7.14. The minimum Gasteiger partial charge on any atom is -0.507 e. The predicted octanol–water partition coefficient (Wildman–Crippen LogP) is 6.98. The molecule has 0 saturated carbocycles. The largest absolute Gasteiger partial charge is 0.507 e. The van der Waals surface area contributed by atoms with Gasteiger partial charge in [0.2, 0.25) is 0 Å². The van der Waals surface area contributed by atoms with Crippen LogP contribution < -0.4 is 4.74 Å². The SMILES string of the molecule is CCCCCC(C)CCc1cc(O)c2c(c1)OC(C)(C)C1=C2CN(Cc2ccccc2)C1. The average molecular weight is 434 g/mol. The molecule has 2 aliphatic heterocycles. The number of hydrogen-bond acceptors (Lipinski definition) is 3. The molecule has 3 nitrogen and oxygen atoms in total. The maximum Gasteiger partial charge on any atom is 0.132 e. The van der Waals surface area contributed by atoms with Crippen LogP contribution in [0.15, 0.2) is 48.0 Å². The molecule has 0 spiro atoms. The molecule has 0 fully saturated rings. The monoisotopic (exact) mass is 433 g/mol. The lowest BCUT2D eigenvalue weighted by molar-refractivity contribution is 0.138. The number of phenolic OH excluding ortho intramolecular Hbond substituents is 1. The lowest BCUT2D eigenvalue weighted by Gasteiger charge is -2.35. The summed E-state index contributed by atoms with van der Waals surface area (Å²) in [4.78, 5) is 2.45. The van der Waals surface area contributed by atoms with Crippen molar-refractivity contribution in [3.05, 3.63) is 64.7 Å². The minimum atomic E-state index is -0.355. The molecule has 0 aromatic heterocycles. The van der Waals surface area contributed by atoms with Crippen molar-refractivity contribution >= 4 is 5.57 Å². The van der Waals surface area contributed by atoms with Gasteiger partial charge in [-0.2, -0.15) is 0 Å². The Labute approximate surface area is 194 Å². The second kappa shape index (κ2) is 9.70. The van der Waals surface area contributed by atoms with E-state index in [2.05, 4.69) is 69.0 Å². The minimum absolute atomic E-state index is 0.355. The van der Waals surface area contributed by atoms with Gasteiger partial charge < -0.3 is 9.84 Å². The van der Waals surface area contributed by atoms with Crippen molar-refractivity contribution in [3.63, 3.8) is 0 Å². The molecule has 0 amide bonds. The molecule has 2 aromatic carbocycles. The van der Waals surface area contributed by atoms with E-state index in [0.717, 1.165) is 43.8 Å². The molecule has 0 saturated heterocycles. The molecule has 0 radical (unpaired) electrons. The Hall–Kier alpha value is -2.26. The molecule has 32 heavy (non-hydrogen) atoms. The van der Waals surface area contributed by atoms with E-state index >= 15 is 0 Å². The first kappa shape index (κ1) is 22.9. The highest BCUT2D eigenvalue weighted by Gasteiger charge is 2.41. The van der Waals surface area contributed by atoms with Gasteiger partial charge in [0.25, 0.3) is 0 Å². The van der Waals surface area contributed by atoms with Gasteiger partial charge >= 0.3 is 0 Å². The first-order valence-corrected chi connectivity index (χ1v) is 12.4. The van der Waals surface area contributed by atoms with E-state index in [9.17, 15) is 5.11 Å². The Morgan fingerprint density at radius 1 is 1.03 bits per heavy atom. The molecule has 2 heterocycles. The second-order valence-electron chi connectivity index (χ2n) is 10.3. The number of benzene rings is 2. The summed E-state index contributed by atoms with van der Waals surface area (Å²) < 4.78 is 6.49. The maximum absolute atomic E-state index is 11.0. The smallest absolute Gasteiger partial charge is 0.132 e. The fourth-order valence-corrected chi connectivity index (χ4v) is 5.25. The van der Waals surface area contributed by atoms with E-state index in [1.165, 1.54) is 48.0 Å². The molecule has 3 heteroatoms. The summed E-state index contributed by atoms with van der Waals surface area (Å²) in [6.45, 7) is 11.6. The van der Waals surface area contributed by atoms with Gasteiger partial charge in [-0.15, -0.1) is 0 Å². The van der Waals surface area contributed by atoms with Crippen LogP contribution >= 0.6 is 0 Å². The normalized spacial score (nSPS) is 18.2. The van der Waals surface area contributed by atoms with Gasteiger partial charge in [0.1, 0.15) is 17.1 Å². The highest BCUT2D eigenvalue weighted by molar-refractivity contribution is 5.83. The van der Waals surface area contributed by atoms with Crippen LogP contribution in [0.5, 0.6) is 11.5 Å². The van der Waals surface area contributed by atoms with Gasteiger partial charge in [-0.05, 0) is 67.0 Å². The highest BCUT2D eigenvalue weighted by atomic mass is 16.5. The second-order valence-corrected chi connectivity index (χ2v) is 10.3. The Balaban J connectivity index is 1.50. The summed E-state index contributed by atoms with van der Waals surface area (Å²) in [6, 6.07) is 14.8. The van der Waals surface area contributed by atoms with E-state index in [1.54, 1.807) is 0 Å². The molecule has 0 bridgehead atoms. The fraction of sp³-hybridized carbons (Fsp3) is 0.517. The number of ether oxygens (including phenoxy) is 1. The van der Waals surface area contributed by atoms with Crippen LogP contribution in [0.2, 0.25) is 0 Å². The Bertz CT molecular complexity index is 961. The van der Waals surface area contributed by atoms with Crippen LogP contribution in [0.25, 0.3) is 5.57 Å². The molecule has 172 valence electrons. The van der Waals surface area contributed by atoms with Gasteiger partial charge in [0, 0.05) is 19.6 Å². The topological polar surface area (TPSA) is 32.7 Å². The maximum atomic E-state index is 11.0. The average Bonchev–Trinajstić information content (AvgIpc) is 3.17. The molecule has 0 aliphatic carbocycles. The van der Waals surface area contributed by atoms with Crippen LogP contribution in [0, 0.1) is 5.92 Å². The van der Waals surface area contributed by atoms with Gasteiger partial charge in [-0.25, -0.2) is 0 Å². The number of hydrogen-bond donors (Lipinski definition) is 1. The molecule has 1 unspecified atom stereocenters. The molecular weight excluding hydrogens is 394 g/mol. The summed E-state index contributed by atoms with van der Waals surface area (Å²) in [5.74, 6) is 1.94. The molecule has 1 N–H and O–H groups in total. The van der Waals surface area contributed by atoms with Gasteiger partial charge in [0.05, 0.1) is 5.56 Å². The first-order chi connectivity index (χ1) is 15.4. The Kier molecular flexibility index (Phi) is 6.95. The van der Waals surface area contributed by atoms with Crippen LogP contribution in [0.4, 0.5) is 0 Å². The van der Waals surface area contributed by atoms with Crippen molar-refractivity contribution in [2.75, 3.05) is 13.1 Å². The number of phenols is 1. The van der Waals surface area contributed by atoms with Crippen molar-refractivity contribution in [1.29, 1.82) is 0 Å².